The number of benzene rings is 2. The maximum Gasteiger partial charge on any atom is 0.187 e. The third-order valence-electron chi connectivity index (χ3n) is 5.10. The summed E-state index contributed by atoms with van der Waals surface area (Å²) < 4.78 is 33.1. The lowest BCUT2D eigenvalue weighted by Crippen LogP contribution is -2.37. The summed E-state index contributed by atoms with van der Waals surface area (Å²) >= 11 is 1.74. The van der Waals surface area contributed by atoms with Crippen molar-refractivity contribution in [2.24, 2.45) is 0 Å². The lowest BCUT2D eigenvalue weighted by atomic mass is 10.0. The molecule has 2 atom stereocenters. The van der Waals surface area contributed by atoms with Gasteiger partial charge in [0.05, 0.1) is 32.7 Å². The smallest absolute Gasteiger partial charge is 0.187 e. The third kappa shape index (κ3) is 5.41. The number of rotatable bonds is 9. The highest BCUT2D eigenvalue weighted by Crippen LogP contribution is 2.33. The molecule has 5 nitrogen and oxygen atoms in total. The summed E-state index contributed by atoms with van der Waals surface area (Å²) in [6, 6.07) is 14.6. The number of ether oxygens (including phenoxy) is 3. The van der Waals surface area contributed by atoms with Crippen LogP contribution in [0, 0.1) is 5.82 Å². The Labute approximate surface area is 180 Å². The fraction of sp³-hybridized carbons (Fsp3) is 0.348. The van der Waals surface area contributed by atoms with Crippen LogP contribution in [0.1, 0.15) is 12.0 Å². The lowest BCUT2D eigenvalue weighted by Gasteiger charge is -2.28. The maximum absolute atomic E-state index is 13.2. The fourth-order valence-electron chi connectivity index (χ4n) is 3.50. The number of hydrogen-bond donors (Lipinski definition) is 0. The highest BCUT2D eigenvalue weighted by atomic mass is 32.2. The van der Waals surface area contributed by atoms with Gasteiger partial charge in [-0.15, -0.1) is 11.8 Å². The second-order valence-electron chi connectivity index (χ2n) is 7.31. The number of methoxy groups -OCH3 is 1. The molecule has 1 aromatic heterocycles. The molecule has 1 fully saturated rings. The van der Waals surface area contributed by atoms with E-state index in [0.29, 0.717) is 19.6 Å². The molecule has 2 heterocycles. The Morgan fingerprint density at radius 1 is 1.20 bits per heavy atom. The van der Waals surface area contributed by atoms with E-state index in [1.54, 1.807) is 31.4 Å². The monoisotopic (exact) mass is 428 g/mol. The van der Waals surface area contributed by atoms with E-state index in [4.69, 9.17) is 14.2 Å². The molecule has 0 bridgehead atoms. The summed E-state index contributed by atoms with van der Waals surface area (Å²) in [6.45, 7) is 1.11. The van der Waals surface area contributed by atoms with Crippen LogP contribution in [0.3, 0.4) is 0 Å². The van der Waals surface area contributed by atoms with E-state index in [0.717, 1.165) is 28.4 Å². The molecule has 0 radical (unpaired) electrons. The van der Waals surface area contributed by atoms with Gasteiger partial charge in [-0.1, -0.05) is 12.1 Å². The summed E-state index contributed by atoms with van der Waals surface area (Å²) in [6.07, 6.45) is 6.85. The van der Waals surface area contributed by atoms with Crippen LogP contribution < -0.4 is 4.74 Å². The zero-order valence-electron chi connectivity index (χ0n) is 16.9. The number of aryl methyl sites for hydroxylation is 1. The molecule has 0 spiro atoms. The fourth-order valence-corrected chi connectivity index (χ4v) is 4.37. The van der Waals surface area contributed by atoms with Gasteiger partial charge in [-0.2, -0.15) is 0 Å². The van der Waals surface area contributed by atoms with E-state index in [1.807, 2.05) is 47.2 Å². The van der Waals surface area contributed by atoms with E-state index in [1.165, 1.54) is 12.1 Å². The van der Waals surface area contributed by atoms with Gasteiger partial charge in [0.25, 0.3) is 0 Å². The van der Waals surface area contributed by atoms with Gasteiger partial charge in [-0.3, -0.25) is 0 Å². The molecule has 0 aliphatic carbocycles. The third-order valence-corrected chi connectivity index (χ3v) is 6.24. The Bertz CT molecular complexity index is 919. The predicted molar refractivity (Wildman–Crippen MR) is 114 cm³/mol. The summed E-state index contributed by atoms with van der Waals surface area (Å²) in [5, 5.41) is 0. The Balaban J connectivity index is 1.39. The Morgan fingerprint density at radius 2 is 2.00 bits per heavy atom. The molecule has 0 N–H and O–H groups in total. The first kappa shape index (κ1) is 20.9. The van der Waals surface area contributed by atoms with Crippen molar-refractivity contribution in [1.29, 1.82) is 0 Å². The first-order valence-corrected chi connectivity index (χ1v) is 10.9. The topological polar surface area (TPSA) is 45.5 Å². The van der Waals surface area contributed by atoms with Crippen molar-refractivity contribution in [3.8, 4) is 5.75 Å². The van der Waals surface area contributed by atoms with Crippen molar-refractivity contribution in [3.05, 3.63) is 78.6 Å². The summed E-state index contributed by atoms with van der Waals surface area (Å²) in [7, 11) is 1.66. The van der Waals surface area contributed by atoms with Crippen LogP contribution in [0.5, 0.6) is 5.75 Å². The van der Waals surface area contributed by atoms with Gasteiger partial charge < -0.3 is 18.8 Å². The minimum atomic E-state index is -0.722. The van der Waals surface area contributed by atoms with Gasteiger partial charge in [0.2, 0.25) is 0 Å². The van der Waals surface area contributed by atoms with Gasteiger partial charge in [0.1, 0.15) is 11.6 Å². The zero-order valence-corrected chi connectivity index (χ0v) is 17.7. The Hall–Kier alpha value is -2.35. The molecule has 30 heavy (non-hydrogen) atoms. The van der Waals surface area contributed by atoms with Crippen molar-refractivity contribution in [3.63, 3.8) is 0 Å². The predicted octanol–water partition coefficient (Wildman–Crippen LogP) is 4.57. The van der Waals surface area contributed by atoms with Crippen molar-refractivity contribution in [2.75, 3.05) is 19.5 Å². The average Bonchev–Trinajstić information content (AvgIpc) is 3.43. The van der Waals surface area contributed by atoms with Crippen LogP contribution >= 0.6 is 11.8 Å². The van der Waals surface area contributed by atoms with Gasteiger partial charge in [-0.25, -0.2) is 9.37 Å². The summed E-state index contributed by atoms with van der Waals surface area (Å²) in [4.78, 5) is 5.29. The lowest BCUT2D eigenvalue weighted by molar-refractivity contribution is -0.180. The summed E-state index contributed by atoms with van der Waals surface area (Å²) in [5.41, 5.74) is 1.06. The standard InChI is InChI=1S/C23H25FN2O3S/c1-27-20-6-8-22(9-7-20)30-15-21-14-28-23(29-21,16-26-13-12-25-17-26)11-10-18-2-4-19(24)5-3-18/h2-9,12-13,17,21H,10-11,14-16H2,1H3. The van der Waals surface area contributed by atoms with Crippen molar-refractivity contribution in [1.82, 2.24) is 9.55 Å². The van der Waals surface area contributed by atoms with Crippen LogP contribution in [0.25, 0.3) is 0 Å². The number of imidazole rings is 1. The molecule has 2 unspecified atom stereocenters. The second kappa shape index (κ2) is 9.64. The molecule has 7 heteroatoms. The van der Waals surface area contributed by atoms with Crippen LogP contribution in [0.4, 0.5) is 4.39 Å². The number of aromatic nitrogens is 2. The van der Waals surface area contributed by atoms with Crippen molar-refractivity contribution >= 4 is 11.8 Å². The molecular weight excluding hydrogens is 403 g/mol. The van der Waals surface area contributed by atoms with E-state index >= 15 is 0 Å². The van der Waals surface area contributed by atoms with Crippen LogP contribution in [0.15, 0.2) is 72.1 Å². The van der Waals surface area contributed by atoms with Gasteiger partial charge >= 0.3 is 0 Å². The SMILES string of the molecule is COc1ccc(SCC2COC(CCc3ccc(F)cc3)(Cn3ccnc3)O2)cc1. The molecule has 158 valence electrons. The number of thioether (sulfide) groups is 1. The molecule has 1 aliphatic heterocycles. The number of halogens is 1. The molecule has 3 aromatic rings. The number of hydrogen-bond acceptors (Lipinski definition) is 5. The molecule has 4 rings (SSSR count). The highest BCUT2D eigenvalue weighted by molar-refractivity contribution is 7.99. The summed E-state index contributed by atoms with van der Waals surface area (Å²) in [5.74, 6) is 0.699. The first-order valence-electron chi connectivity index (χ1n) is 9.93. The molecule has 0 saturated carbocycles. The molecule has 0 amide bonds. The molecule has 1 aliphatic rings. The molecule has 1 saturated heterocycles. The largest absolute Gasteiger partial charge is 0.497 e. The normalized spacial score (nSPS) is 21.1. The van der Waals surface area contributed by atoms with Crippen LogP contribution in [0.2, 0.25) is 0 Å². The molecule has 2 aromatic carbocycles. The van der Waals surface area contributed by atoms with Crippen LogP contribution in [-0.4, -0.2) is 40.9 Å². The van der Waals surface area contributed by atoms with E-state index in [2.05, 4.69) is 4.98 Å². The first-order chi connectivity index (χ1) is 14.6. The van der Waals surface area contributed by atoms with E-state index in [-0.39, 0.29) is 11.9 Å². The average molecular weight is 429 g/mol. The highest BCUT2D eigenvalue weighted by Gasteiger charge is 2.41. The Morgan fingerprint density at radius 3 is 2.70 bits per heavy atom. The minimum absolute atomic E-state index is 0.00570. The van der Waals surface area contributed by atoms with E-state index < -0.39 is 5.79 Å². The number of nitrogens with zero attached hydrogens (tertiary/aromatic N) is 2. The zero-order chi connectivity index (χ0) is 20.8. The second-order valence-corrected chi connectivity index (χ2v) is 8.40. The Kier molecular flexibility index (Phi) is 6.72. The van der Waals surface area contributed by atoms with Gasteiger partial charge in [0, 0.05) is 29.5 Å². The van der Waals surface area contributed by atoms with Gasteiger partial charge in [-0.05, 0) is 48.4 Å². The maximum atomic E-state index is 13.2. The quantitative estimate of drug-likeness (QED) is 0.467. The minimum Gasteiger partial charge on any atom is -0.497 e. The van der Waals surface area contributed by atoms with E-state index in [9.17, 15) is 4.39 Å². The van der Waals surface area contributed by atoms with Crippen LogP contribution in [-0.2, 0) is 22.4 Å². The van der Waals surface area contributed by atoms with Gasteiger partial charge in [0.15, 0.2) is 5.79 Å². The van der Waals surface area contributed by atoms with Crippen molar-refractivity contribution in [2.45, 2.75) is 36.2 Å². The van der Waals surface area contributed by atoms with Crippen molar-refractivity contribution < 1.29 is 18.6 Å². The molecular formula is C23H25FN2O3S.